The first-order valence-corrected chi connectivity index (χ1v) is 8.61. The highest BCUT2D eigenvalue weighted by Gasteiger charge is 2.10. The van der Waals surface area contributed by atoms with Crippen molar-refractivity contribution in [2.75, 3.05) is 6.61 Å². The standard InChI is InChI=1S/C22H22O5/c1-15(2)21(24)26-14-4-5-17-6-8-18(9-7-17)19-10-12-20(13-11-19)27-22(25)16(3)23/h6-13H,1,4-5,14H2,2-3H3. The normalized spacial score (nSPS) is 10.1. The molecule has 0 saturated heterocycles. The Labute approximate surface area is 158 Å². The molecule has 0 heterocycles. The van der Waals surface area contributed by atoms with Crippen LogP contribution in [0.15, 0.2) is 60.7 Å². The molecule has 0 spiro atoms. The number of carbonyl (C=O) groups is 3. The smallest absolute Gasteiger partial charge is 0.379 e. The van der Waals surface area contributed by atoms with Crippen molar-refractivity contribution in [2.45, 2.75) is 26.7 Å². The molecule has 2 aromatic rings. The van der Waals surface area contributed by atoms with Gasteiger partial charge < -0.3 is 9.47 Å². The van der Waals surface area contributed by atoms with Crippen LogP contribution in [0.25, 0.3) is 11.1 Å². The van der Waals surface area contributed by atoms with E-state index in [1.54, 1.807) is 19.1 Å². The largest absolute Gasteiger partial charge is 0.462 e. The molecule has 0 fully saturated rings. The Morgan fingerprint density at radius 2 is 1.41 bits per heavy atom. The highest BCUT2D eigenvalue weighted by atomic mass is 16.5. The molecule has 0 N–H and O–H groups in total. The lowest BCUT2D eigenvalue weighted by atomic mass is 10.0. The summed E-state index contributed by atoms with van der Waals surface area (Å²) in [4.78, 5) is 33.5. The monoisotopic (exact) mass is 366 g/mol. The number of hydrogen-bond donors (Lipinski definition) is 0. The molecule has 0 aliphatic carbocycles. The zero-order valence-electron chi connectivity index (χ0n) is 15.5. The number of hydrogen-bond acceptors (Lipinski definition) is 5. The molecular weight excluding hydrogens is 344 g/mol. The number of rotatable bonds is 8. The summed E-state index contributed by atoms with van der Waals surface area (Å²) < 4.78 is 10.0. The maximum absolute atomic E-state index is 11.3. The van der Waals surface area contributed by atoms with Gasteiger partial charge in [-0.1, -0.05) is 43.0 Å². The molecule has 0 unspecified atom stereocenters. The van der Waals surface area contributed by atoms with Crippen molar-refractivity contribution in [3.63, 3.8) is 0 Å². The fourth-order valence-electron chi connectivity index (χ4n) is 2.32. The van der Waals surface area contributed by atoms with E-state index >= 15 is 0 Å². The maximum atomic E-state index is 11.3. The second-order valence-corrected chi connectivity index (χ2v) is 6.19. The van der Waals surface area contributed by atoms with Gasteiger partial charge in [0, 0.05) is 12.5 Å². The number of ether oxygens (including phenoxy) is 2. The van der Waals surface area contributed by atoms with Crippen LogP contribution >= 0.6 is 0 Å². The quantitative estimate of drug-likeness (QED) is 0.233. The fraction of sp³-hybridized carbons (Fsp3) is 0.227. The van der Waals surface area contributed by atoms with Crippen molar-refractivity contribution in [3.8, 4) is 16.9 Å². The first-order chi connectivity index (χ1) is 12.9. The molecule has 0 amide bonds. The van der Waals surface area contributed by atoms with Crippen LogP contribution in [-0.4, -0.2) is 24.3 Å². The van der Waals surface area contributed by atoms with Gasteiger partial charge in [-0.2, -0.15) is 0 Å². The van der Waals surface area contributed by atoms with Gasteiger partial charge in [0.15, 0.2) is 0 Å². The van der Waals surface area contributed by atoms with Crippen LogP contribution in [-0.2, 0) is 25.5 Å². The summed E-state index contributed by atoms with van der Waals surface area (Å²) in [6.07, 6.45) is 1.55. The summed E-state index contributed by atoms with van der Waals surface area (Å²) >= 11 is 0. The van der Waals surface area contributed by atoms with Gasteiger partial charge in [-0.15, -0.1) is 0 Å². The molecule has 27 heavy (non-hydrogen) atoms. The molecule has 2 aromatic carbocycles. The summed E-state index contributed by atoms with van der Waals surface area (Å²) in [5.74, 6) is -1.53. The Kier molecular flexibility index (Phi) is 7.06. The molecule has 0 radical (unpaired) electrons. The van der Waals surface area contributed by atoms with E-state index in [0.717, 1.165) is 29.5 Å². The van der Waals surface area contributed by atoms with Gasteiger partial charge in [-0.25, -0.2) is 9.59 Å². The molecule has 0 aromatic heterocycles. The van der Waals surface area contributed by atoms with Gasteiger partial charge in [0.2, 0.25) is 5.78 Å². The van der Waals surface area contributed by atoms with Crippen molar-refractivity contribution >= 4 is 17.7 Å². The van der Waals surface area contributed by atoms with E-state index in [9.17, 15) is 14.4 Å². The molecule has 0 atom stereocenters. The van der Waals surface area contributed by atoms with E-state index < -0.39 is 11.8 Å². The van der Waals surface area contributed by atoms with Crippen LogP contribution in [0.4, 0.5) is 0 Å². The Morgan fingerprint density at radius 1 is 0.852 bits per heavy atom. The first kappa shape index (κ1) is 20.1. The fourth-order valence-corrected chi connectivity index (χ4v) is 2.32. The molecule has 2 rings (SSSR count). The first-order valence-electron chi connectivity index (χ1n) is 8.61. The van der Waals surface area contributed by atoms with Crippen LogP contribution < -0.4 is 4.74 Å². The lowest BCUT2D eigenvalue weighted by Gasteiger charge is -2.07. The van der Waals surface area contributed by atoms with Gasteiger partial charge in [0.05, 0.1) is 6.61 Å². The van der Waals surface area contributed by atoms with Gasteiger partial charge in [-0.05, 0) is 48.6 Å². The van der Waals surface area contributed by atoms with Crippen molar-refractivity contribution in [1.82, 2.24) is 0 Å². The Bertz CT molecular complexity index is 832. The van der Waals surface area contributed by atoms with Crippen molar-refractivity contribution in [3.05, 3.63) is 66.2 Å². The van der Waals surface area contributed by atoms with Gasteiger partial charge in [-0.3, -0.25) is 4.79 Å². The molecule has 5 heteroatoms. The Balaban J connectivity index is 1.89. The second kappa shape index (κ2) is 9.48. The third-order valence-corrected chi connectivity index (χ3v) is 3.83. The SMILES string of the molecule is C=C(C)C(=O)OCCCc1ccc(-c2ccc(OC(=O)C(C)=O)cc2)cc1. The van der Waals surface area contributed by atoms with Crippen LogP contribution in [0, 0.1) is 0 Å². The summed E-state index contributed by atoms with van der Waals surface area (Å²) in [7, 11) is 0. The minimum atomic E-state index is -0.874. The van der Waals surface area contributed by atoms with E-state index in [1.165, 1.54) is 6.92 Å². The van der Waals surface area contributed by atoms with E-state index in [1.807, 2.05) is 36.4 Å². The van der Waals surface area contributed by atoms with Crippen LogP contribution in [0.3, 0.4) is 0 Å². The van der Waals surface area contributed by atoms with Crippen molar-refractivity contribution < 1.29 is 23.9 Å². The van der Waals surface area contributed by atoms with Crippen LogP contribution in [0.5, 0.6) is 5.75 Å². The third-order valence-electron chi connectivity index (χ3n) is 3.83. The zero-order chi connectivity index (χ0) is 19.8. The second-order valence-electron chi connectivity index (χ2n) is 6.19. The van der Waals surface area contributed by atoms with E-state index in [4.69, 9.17) is 9.47 Å². The highest BCUT2D eigenvalue weighted by molar-refractivity contribution is 6.33. The predicted octanol–water partition coefficient (Wildman–Crippen LogP) is 3.90. The highest BCUT2D eigenvalue weighted by Crippen LogP contribution is 2.23. The average Bonchev–Trinajstić information content (AvgIpc) is 2.66. The number of esters is 2. The lowest BCUT2D eigenvalue weighted by molar-refractivity contribution is -0.146. The van der Waals surface area contributed by atoms with Gasteiger partial charge in [0.25, 0.3) is 0 Å². The van der Waals surface area contributed by atoms with Gasteiger partial charge >= 0.3 is 11.9 Å². The average molecular weight is 366 g/mol. The number of Topliss-reactive ketones (excluding diaryl/α,β-unsaturated/α-hetero) is 1. The summed E-state index contributed by atoms with van der Waals surface area (Å²) in [6, 6.07) is 15.0. The van der Waals surface area contributed by atoms with Crippen molar-refractivity contribution in [2.24, 2.45) is 0 Å². The topological polar surface area (TPSA) is 69.7 Å². The number of benzene rings is 2. The van der Waals surface area contributed by atoms with E-state index in [-0.39, 0.29) is 5.97 Å². The third kappa shape index (κ3) is 6.22. The summed E-state index contributed by atoms with van der Waals surface area (Å²) in [5, 5.41) is 0. The number of aryl methyl sites for hydroxylation is 1. The van der Waals surface area contributed by atoms with Crippen LogP contribution in [0.2, 0.25) is 0 Å². The van der Waals surface area contributed by atoms with Crippen LogP contribution in [0.1, 0.15) is 25.8 Å². The molecule has 0 aliphatic heterocycles. The molecule has 140 valence electrons. The maximum Gasteiger partial charge on any atom is 0.379 e. The Morgan fingerprint density at radius 3 is 1.93 bits per heavy atom. The van der Waals surface area contributed by atoms with E-state index in [0.29, 0.717) is 17.9 Å². The Hall–Kier alpha value is -3.21. The van der Waals surface area contributed by atoms with Crippen molar-refractivity contribution in [1.29, 1.82) is 0 Å². The minimum absolute atomic E-state index is 0.333. The molecule has 0 bridgehead atoms. The molecule has 5 nitrogen and oxygen atoms in total. The molecule has 0 aliphatic rings. The zero-order valence-corrected chi connectivity index (χ0v) is 15.5. The predicted molar refractivity (Wildman–Crippen MR) is 102 cm³/mol. The summed E-state index contributed by atoms with van der Waals surface area (Å²) in [5.41, 5.74) is 3.55. The van der Waals surface area contributed by atoms with Gasteiger partial charge in [0.1, 0.15) is 5.75 Å². The molecular formula is C22H22O5. The summed E-state index contributed by atoms with van der Waals surface area (Å²) in [6.45, 7) is 6.71. The number of ketones is 1. The lowest BCUT2D eigenvalue weighted by Crippen LogP contribution is -2.16. The molecule has 0 saturated carbocycles. The number of carbonyl (C=O) groups excluding carboxylic acids is 3. The minimum Gasteiger partial charge on any atom is -0.462 e. The van der Waals surface area contributed by atoms with E-state index in [2.05, 4.69) is 6.58 Å².